The Kier molecular flexibility index (Phi) is 5.60. The largest absolute Gasteiger partial charge is 0.390 e. The Hall–Kier alpha value is -0.940. The number of aliphatic hydroxyl groups excluding tert-OH is 1. The summed E-state index contributed by atoms with van der Waals surface area (Å²) in [6.45, 7) is 12.7. The quantitative estimate of drug-likeness (QED) is 0.886. The van der Waals surface area contributed by atoms with Crippen molar-refractivity contribution in [2.24, 2.45) is 11.7 Å². The van der Waals surface area contributed by atoms with Crippen LogP contribution in [0.5, 0.6) is 0 Å². The zero-order valence-corrected chi connectivity index (χ0v) is 15.5. The van der Waals surface area contributed by atoms with E-state index in [1.807, 2.05) is 0 Å². The van der Waals surface area contributed by atoms with Gasteiger partial charge >= 0.3 is 0 Å². The van der Waals surface area contributed by atoms with Crippen molar-refractivity contribution in [3.05, 3.63) is 34.4 Å². The molecule has 0 unspecified atom stereocenters. The van der Waals surface area contributed by atoms with Crippen LogP contribution < -0.4 is 5.73 Å². The number of hydrogen-bond acceptors (Lipinski definition) is 4. The van der Waals surface area contributed by atoms with E-state index in [4.69, 9.17) is 5.73 Å². The Morgan fingerprint density at radius 3 is 2.12 bits per heavy atom. The standard InChI is InChI=1S/C20H33N3O/c1-14-4-6-22(7-5-14)10-17-9-18(16(3)8-15(17)2)11-23-12-19(21)20(24)13-23/h8-9,14,19-20,24H,4-7,10-13,21H2,1-3H3/t19-,20-/m1/s1. The van der Waals surface area contributed by atoms with Gasteiger partial charge in [0, 0.05) is 32.2 Å². The molecule has 1 aromatic carbocycles. The molecule has 3 rings (SSSR count). The second-order valence-electron chi connectivity index (χ2n) is 8.09. The summed E-state index contributed by atoms with van der Waals surface area (Å²) in [6.07, 6.45) is 2.26. The van der Waals surface area contributed by atoms with Gasteiger partial charge in [-0.2, -0.15) is 0 Å². The van der Waals surface area contributed by atoms with Crippen molar-refractivity contribution < 1.29 is 5.11 Å². The minimum Gasteiger partial charge on any atom is -0.390 e. The number of aliphatic hydroxyl groups is 1. The first-order valence-corrected chi connectivity index (χ1v) is 9.39. The number of hydrogen-bond donors (Lipinski definition) is 2. The van der Waals surface area contributed by atoms with Crippen LogP contribution in [-0.4, -0.2) is 53.2 Å². The van der Waals surface area contributed by atoms with Crippen LogP contribution in [0.1, 0.15) is 42.0 Å². The molecule has 2 aliphatic heterocycles. The number of aryl methyl sites for hydroxylation is 2. The van der Waals surface area contributed by atoms with Crippen LogP contribution in [0.3, 0.4) is 0 Å². The van der Waals surface area contributed by atoms with Gasteiger partial charge in [-0.3, -0.25) is 9.80 Å². The summed E-state index contributed by atoms with van der Waals surface area (Å²) < 4.78 is 0. The molecule has 3 N–H and O–H groups in total. The Morgan fingerprint density at radius 1 is 1.00 bits per heavy atom. The summed E-state index contributed by atoms with van der Waals surface area (Å²) >= 11 is 0. The predicted octanol–water partition coefficient (Wildman–Crippen LogP) is 2.04. The van der Waals surface area contributed by atoms with Crippen LogP contribution in [0.4, 0.5) is 0 Å². The highest BCUT2D eigenvalue weighted by Gasteiger charge is 2.28. The molecule has 0 amide bonds. The number of β-amino-alcohol motifs (C(OH)–C–C–N with tert-alkyl or cyclic N) is 1. The van der Waals surface area contributed by atoms with E-state index in [0.29, 0.717) is 6.54 Å². The smallest absolute Gasteiger partial charge is 0.0830 e. The fourth-order valence-electron chi connectivity index (χ4n) is 4.01. The molecule has 0 aliphatic carbocycles. The van der Waals surface area contributed by atoms with E-state index >= 15 is 0 Å². The van der Waals surface area contributed by atoms with Gasteiger partial charge in [0.15, 0.2) is 0 Å². The number of nitrogens with two attached hydrogens (primary N) is 1. The van der Waals surface area contributed by atoms with Crippen LogP contribution in [0.2, 0.25) is 0 Å². The summed E-state index contributed by atoms with van der Waals surface area (Å²) in [5.74, 6) is 0.877. The first-order chi connectivity index (χ1) is 11.4. The van der Waals surface area contributed by atoms with Gasteiger partial charge in [-0.1, -0.05) is 19.1 Å². The molecular formula is C20H33N3O. The lowest BCUT2D eigenvalue weighted by Gasteiger charge is -2.31. The second kappa shape index (κ2) is 7.52. The van der Waals surface area contributed by atoms with Crippen molar-refractivity contribution in [3.8, 4) is 0 Å². The predicted molar refractivity (Wildman–Crippen MR) is 98.9 cm³/mol. The normalized spacial score (nSPS) is 27.0. The highest BCUT2D eigenvalue weighted by Crippen LogP contribution is 2.23. The van der Waals surface area contributed by atoms with Crippen molar-refractivity contribution in [3.63, 3.8) is 0 Å². The van der Waals surface area contributed by atoms with Gasteiger partial charge in [-0.15, -0.1) is 0 Å². The maximum absolute atomic E-state index is 9.88. The minimum absolute atomic E-state index is 0.106. The van der Waals surface area contributed by atoms with E-state index in [1.54, 1.807) is 0 Å². The van der Waals surface area contributed by atoms with E-state index in [-0.39, 0.29) is 12.1 Å². The van der Waals surface area contributed by atoms with Crippen LogP contribution in [0, 0.1) is 19.8 Å². The molecule has 24 heavy (non-hydrogen) atoms. The van der Waals surface area contributed by atoms with E-state index in [2.05, 4.69) is 42.7 Å². The van der Waals surface area contributed by atoms with Gasteiger partial charge in [-0.05, 0) is 68.0 Å². The van der Waals surface area contributed by atoms with Gasteiger partial charge in [0.25, 0.3) is 0 Å². The molecule has 0 saturated carbocycles. The Balaban J connectivity index is 1.69. The average molecular weight is 332 g/mol. The van der Waals surface area contributed by atoms with Crippen molar-refractivity contribution in [1.82, 2.24) is 9.80 Å². The van der Waals surface area contributed by atoms with Crippen LogP contribution in [0.15, 0.2) is 12.1 Å². The van der Waals surface area contributed by atoms with Crippen LogP contribution >= 0.6 is 0 Å². The molecule has 2 atom stereocenters. The molecular weight excluding hydrogens is 298 g/mol. The summed E-state index contributed by atoms with van der Waals surface area (Å²) in [5.41, 5.74) is 11.5. The third-order valence-corrected chi connectivity index (χ3v) is 5.87. The van der Waals surface area contributed by atoms with Gasteiger partial charge in [-0.25, -0.2) is 0 Å². The number of rotatable bonds is 4. The lowest BCUT2D eigenvalue weighted by molar-refractivity contribution is 0.164. The first-order valence-electron chi connectivity index (χ1n) is 9.39. The molecule has 0 aromatic heterocycles. The SMILES string of the molecule is Cc1cc(C)c(CN2C[C@@H](N)[C@H](O)C2)cc1CN1CCC(C)CC1. The Labute approximate surface area is 146 Å². The molecule has 4 nitrogen and oxygen atoms in total. The molecule has 2 heterocycles. The van der Waals surface area contributed by atoms with E-state index < -0.39 is 0 Å². The zero-order valence-electron chi connectivity index (χ0n) is 15.5. The topological polar surface area (TPSA) is 52.7 Å². The molecule has 4 heteroatoms. The monoisotopic (exact) mass is 331 g/mol. The maximum atomic E-state index is 9.88. The molecule has 1 aromatic rings. The van der Waals surface area contributed by atoms with Gasteiger partial charge in [0.2, 0.25) is 0 Å². The van der Waals surface area contributed by atoms with Crippen molar-refractivity contribution in [2.75, 3.05) is 26.2 Å². The molecule has 134 valence electrons. The fraction of sp³-hybridized carbons (Fsp3) is 0.700. The summed E-state index contributed by atoms with van der Waals surface area (Å²) in [5, 5.41) is 9.88. The molecule has 2 aliphatic rings. The highest BCUT2D eigenvalue weighted by molar-refractivity contribution is 5.37. The van der Waals surface area contributed by atoms with E-state index in [1.165, 1.54) is 48.2 Å². The second-order valence-corrected chi connectivity index (χ2v) is 8.09. The maximum Gasteiger partial charge on any atom is 0.0830 e. The molecule has 2 fully saturated rings. The minimum atomic E-state index is -0.384. The van der Waals surface area contributed by atoms with Gasteiger partial charge in [0.05, 0.1) is 6.10 Å². The lowest BCUT2D eigenvalue weighted by Crippen LogP contribution is -2.33. The number of piperidine rings is 1. The fourth-order valence-corrected chi connectivity index (χ4v) is 4.01. The van der Waals surface area contributed by atoms with Crippen LogP contribution in [0.25, 0.3) is 0 Å². The Morgan fingerprint density at radius 2 is 1.58 bits per heavy atom. The average Bonchev–Trinajstić information content (AvgIpc) is 2.84. The Bertz CT molecular complexity index is 556. The van der Waals surface area contributed by atoms with E-state index in [9.17, 15) is 5.11 Å². The number of nitrogens with zero attached hydrogens (tertiary/aromatic N) is 2. The number of benzene rings is 1. The van der Waals surface area contributed by atoms with Gasteiger partial charge in [0.1, 0.15) is 0 Å². The van der Waals surface area contributed by atoms with Crippen molar-refractivity contribution in [2.45, 2.75) is 58.8 Å². The zero-order chi connectivity index (χ0) is 17.3. The first kappa shape index (κ1) is 17.9. The highest BCUT2D eigenvalue weighted by atomic mass is 16.3. The third-order valence-electron chi connectivity index (χ3n) is 5.87. The molecule has 0 bridgehead atoms. The lowest BCUT2D eigenvalue weighted by atomic mass is 9.96. The summed E-state index contributed by atoms with van der Waals surface area (Å²) in [4.78, 5) is 4.87. The molecule has 0 spiro atoms. The van der Waals surface area contributed by atoms with E-state index in [0.717, 1.165) is 25.6 Å². The van der Waals surface area contributed by atoms with Gasteiger partial charge < -0.3 is 10.8 Å². The third kappa shape index (κ3) is 4.17. The summed E-state index contributed by atoms with van der Waals surface area (Å²) in [6, 6.07) is 4.60. The molecule has 2 saturated heterocycles. The van der Waals surface area contributed by atoms with Crippen molar-refractivity contribution >= 4 is 0 Å². The summed E-state index contributed by atoms with van der Waals surface area (Å²) in [7, 11) is 0. The van der Waals surface area contributed by atoms with Crippen molar-refractivity contribution in [1.29, 1.82) is 0 Å². The van der Waals surface area contributed by atoms with Crippen LogP contribution in [-0.2, 0) is 13.1 Å². The number of likely N-dealkylation sites (tertiary alicyclic amines) is 2. The molecule has 0 radical (unpaired) electrons.